The molecule has 0 aliphatic carbocycles. The number of rotatable bonds is 3. The maximum Gasteiger partial charge on any atom is 0.0931 e. The van der Waals surface area contributed by atoms with Gasteiger partial charge < -0.3 is 5.32 Å². The number of hydrogen-bond acceptors (Lipinski definition) is 3. The van der Waals surface area contributed by atoms with E-state index in [1.54, 1.807) is 11.3 Å². The van der Waals surface area contributed by atoms with Crippen LogP contribution in [0.15, 0.2) is 12.1 Å². The Morgan fingerprint density at radius 1 is 1.50 bits per heavy atom. The molecule has 0 unspecified atom stereocenters. The van der Waals surface area contributed by atoms with Crippen molar-refractivity contribution in [3.63, 3.8) is 0 Å². The van der Waals surface area contributed by atoms with Gasteiger partial charge in [0.2, 0.25) is 0 Å². The second-order valence-electron chi connectivity index (χ2n) is 2.82. The van der Waals surface area contributed by atoms with E-state index < -0.39 is 0 Å². The van der Waals surface area contributed by atoms with Crippen molar-refractivity contribution in [3.05, 3.63) is 21.3 Å². The van der Waals surface area contributed by atoms with E-state index in [9.17, 15) is 0 Å². The molecule has 1 N–H and O–H groups in total. The highest BCUT2D eigenvalue weighted by atomic mass is 35.5. The Morgan fingerprint density at radius 3 is 2.83 bits per heavy atom. The molecule has 66 valence electrons. The topological polar surface area (TPSA) is 12.0 Å². The maximum absolute atomic E-state index is 5.81. The van der Waals surface area contributed by atoms with Gasteiger partial charge in [-0.25, -0.2) is 0 Å². The van der Waals surface area contributed by atoms with Gasteiger partial charge in [0.25, 0.3) is 0 Å². The molecule has 12 heavy (non-hydrogen) atoms. The Morgan fingerprint density at radius 2 is 2.33 bits per heavy atom. The fourth-order valence-corrected chi connectivity index (χ4v) is 2.79. The van der Waals surface area contributed by atoms with Crippen LogP contribution in [0.1, 0.15) is 4.88 Å². The quantitative estimate of drug-likeness (QED) is 0.839. The molecule has 0 bridgehead atoms. The summed E-state index contributed by atoms with van der Waals surface area (Å²) < 4.78 is 0.884. The molecule has 1 aliphatic heterocycles. The molecule has 1 fully saturated rings. The molecule has 2 heterocycles. The van der Waals surface area contributed by atoms with Crippen molar-refractivity contribution in [2.45, 2.75) is 12.6 Å². The van der Waals surface area contributed by atoms with Gasteiger partial charge in [-0.1, -0.05) is 11.6 Å². The lowest BCUT2D eigenvalue weighted by atomic mass is 10.3. The molecular formula is C8H10ClNS2. The number of nitrogens with one attached hydrogen (secondary N) is 1. The molecule has 0 saturated carbocycles. The minimum Gasteiger partial charge on any atom is -0.307 e. The Bertz CT molecular complexity index is 257. The number of halogens is 1. The molecule has 0 aromatic carbocycles. The van der Waals surface area contributed by atoms with Gasteiger partial charge in [-0.2, -0.15) is 11.8 Å². The fourth-order valence-electron chi connectivity index (χ4n) is 1.05. The van der Waals surface area contributed by atoms with Crippen molar-refractivity contribution >= 4 is 34.7 Å². The van der Waals surface area contributed by atoms with Crippen molar-refractivity contribution < 1.29 is 0 Å². The summed E-state index contributed by atoms with van der Waals surface area (Å²) >= 11 is 9.47. The van der Waals surface area contributed by atoms with E-state index in [4.69, 9.17) is 11.6 Å². The van der Waals surface area contributed by atoms with Crippen LogP contribution in [0.25, 0.3) is 0 Å². The van der Waals surface area contributed by atoms with E-state index in [2.05, 4.69) is 11.4 Å². The second kappa shape index (κ2) is 4.01. The van der Waals surface area contributed by atoms with Crippen molar-refractivity contribution in [3.8, 4) is 0 Å². The van der Waals surface area contributed by atoms with Gasteiger partial charge in [0, 0.05) is 29.0 Å². The SMILES string of the molecule is Clc1ccc(CNC2CSC2)s1. The van der Waals surface area contributed by atoms with Crippen LogP contribution in [0.4, 0.5) is 0 Å². The molecule has 0 spiro atoms. The molecule has 1 aromatic rings. The number of thioether (sulfide) groups is 1. The Hall–Kier alpha value is 0.300. The van der Waals surface area contributed by atoms with E-state index in [0.717, 1.165) is 16.9 Å². The van der Waals surface area contributed by atoms with Crippen LogP contribution in [0.3, 0.4) is 0 Å². The van der Waals surface area contributed by atoms with Gasteiger partial charge in [0.1, 0.15) is 0 Å². The maximum atomic E-state index is 5.81. The molecule has 4 heteroatoms. The average Bonchev–Trinajstić information content (AvgIpc) is 2.32. The Balaban J connectivity index is 1.79. The standard InChI is InChI=1S/C8H10ClNS2/c9-8-2-1-7(12-8)3-10-6-4-11-5-6/h1-2,6,10H,3-5H2. The third-order valence-electron chi connectivity index (χ3n) is 1.83. The molecule has 0 radical (unpaired) electrons. The zero-order valence-electron chi connectivity index (χ0n) is 6.55. The number of thiophene rings is 1. The van der Waals surface area contributed by atoms with Crippen molar-refractivity contribution in [2.24, 2.45) is 0 Å². The summed E-state index contributed by atoms with van der Waals surface area (Å²) in [6.07, 6.45) is 0. The first-order valence-corrected chi connectivity index (χ1v) is 6.25. The predicted octanol–water partition coefficient (Wildman–Crippen LogP) is 2.61. The summed E-state index contributed by atoms with van der Waals surface area (Å²) in [6.45, 7) is 0.975. The lowest BCUT2D eigenvalue weighted by Gasteiger charge is -2.25. The van der Waals surface area contributed by atoms with E-state index in [0.29, 0.717) is 0 Å². The highest BCUT2D eigenvalue weighted by Crippen LogP contribution is 2.22. The molecule has 1 aromatic heterocycles. The summed E-state index contributed by atoms with van der Waals surface area (Å²) in [5.41, 5.74) is 0. The van der Waals surface area contributed by atoms with E-state index in [-0.39, 0.29) is 0 Å². The summed E-state index contributed by atoms with van der Waals surface area (Å²) in [6, 6.07) is 4.78. The number of hydrogen-bond donors (Lipinski definition) is 1. The summed E-state index contributed by atoms with van der Waals surface area (Å²) in [4.78, 5) is 1.33. The molecule has 1 aliphatic rings. The van der Waals surface area contributed by atoms with Gasteiger partial charge in [-0.3, -0.25) is 0 Å². The monoisotopic (exact) mass is 219 g/mol. The largest absolute Gasteiger partial charge is 0.307 e. The van der Waals surface area contributed by atoms with Crippen LogP contribution in [0, 0.1) is 0 Å². The average molecular weight is 220 g/mol. The zero-order valence-corrected chi connectivity index (χ0v) is 8.94. The second-order valence-corrected chi connectivity index (χ2v) is 5.70. The Labute approximate surface area is 85.5 Å². The lowest BCUT2D eigenvalue weighted by molar-refractivity contribution is 0.587. The molecule has 2 rings (SSSR count). The van der Waals surface area contributed by atoms with Crippen molar-refractivity contribution in [1.29, 1.82) is 0 Å². The van der Waals surface area contributed by atoms with Gasteiger partial charge in [-0.15, -0.1) is 11.3 Å². The third kappa shape index (κ3) is 2.16. The zero-order chi connectivity index (χ0) is 8.39. The molecule has 0 amide bonds. The first-order valence-electron chi connectivity index (χ1n) is 3.90. The highest BCUT2D eigenvalue weighted by molar-refractivity contribution is 8.00. The van der Waals surface area contributed by atoms with E-state index in [1.807, 2.05) is 17.8 Å². The predicted molar refractivity (Wildman–Crippen MR) is 57.3 cm³/mol. The summed E-state index contributed by atoms with van der Waals surface area (Å²) in [7, 11) is 0. The van der Waals surface area contributed by atoms with Crippen LogP contribution in [-0.4, -0.2) is 17.5 Å². The summed E-state index contributed by atoms with van der Waals surface area (Å²) in [5, 5.41) is 3.48. The third-order valence-corrected chi connectivity index (χ3v) is 4.34. The van der Waals surface area contributed by atoms with Gasteiger partial charge in [0.05, 0.1) is 4.34 Å². The van der Waals surface area contributed by atoms with Crippen LogP contribution in [-0.2, 0) is 6.54 Å². The van der Waals surface area contributed by atoms with Crippen LogP contribution in [0.2, 0.25) is 4.34 Å². The highest BCUT2D eigenvalue weighted by Gasteiger charge is 2.16. The minimum absolute atomic E-state index is 0.732. The first-order chi connectivity index (χ1) is 5.84. The minimum atomic E-state index is 0.732. The van der Waals surface area contributed by atoms with Crippen molar-refractivity contribution in [1.82, 2.24) is 5.32 Å². The van der Waals surface area contributed by atoms with Crippen molar-refractivity contribution in [2.75, 3.05) is 11.5 Å². The normalized spacial score (nSPS) is 17.8. The molecular weight excluding hydrogens is 210 g/mol. The van der Waals surface area contributed by atoms with Gasteiger partial charge >= 0.3 is 0 Å². The van der Waals surface area contributed by atoms with Gasteiger partial charge in [0.15, 0.2) is 0 Å². The molecule has 1 saturated heterocycles. The van der Waals surface area contributed by atoms with Crippen LogP contribution >= 0.6 is 34.7 Å². The lowest BCUT2D eigenvalue weighted by Crippen LogP contribution is -2.39. The smallest absolute Gasteiger partial charge is 0.0931 e. The molecule has 0 atom stereocenters. The Kier molecular flexibility index (Phi) is 2.96. The van der Waals surface area contributed by atoms with Gasteiger partial charge in [-0.05, 0) is 12.1 Å². The van der Waals surface area contributed by atoms with E-state index >= 15 is 0 Å². The van der Waals surface area contributed by atoms with Crippen LogP contribution in [0.5, 0.6) is 0 Å². The van der Waals surface area contributed by atoms with E-state index in [1.165, 1.54) is 16.4 Å². The summed E-state index contributed by atoms with van der Waals surface area (Å²) in [5.74, 6) is 2.53. The first kappa shape index (κ1) is 8.88. The fraction of sp³-hybridized carbons (Fsp3) is 0.500. The van der Waals surface area contributed by atoms with Crippen LogP contribution < -0.4 is 5.32 Å². The molecule has 1 nitrogen and oxygen atoms in total.